The number of carboxylic acid groups (broad SMARTS) is 2. The normalized spacial score (nSPS) is 20.8. The van der Waals surface area contributed by atoms with Crippen molar-refractivity contribution in [1.29, 1.82) is 0 Å². The van der Waals surface area contributed by atoms with Gasteiger partial charge < -0.3 is 25.2 Å². The first-order chi connectivity index (χ1) is 6.85. The molecule has 0 spiro atoms. The van der Waals surface area contributed by atoms with E-state index in [4.69, 9.17) is 10.2 Å². The quantitative estimate of drug-likeness (QED) is 0.238. The van der Waals surface area contributed by atoms with Crippen molar-refractivity contribution >= 4 is 11.9 Å². The van der Waals surface area contributed by atoms with Gasteiger partial charge in [0.15, 0.2) is 0 Å². The molecule has 1 aliphatic heterocycles. The van der Waals surface area contributed by atoms with Gasteiger partial charge in [-0.05, 0) is 0 Å². The molecule has 0 saturated carbocycles. The minimum atomic E-state index is -1.59. The highest BCUT2D eigenvalue weighted by Crippen LogP contribution is 2.28. The van der Waals surface area contributed by atoms with Gasteiger partial charge in [-0.2, -0.15) is 0 Å². The molecule has 1 fully saturated rings. The predicted molar refractivity (Wildman–Crippen MR) is 47.3 cm³/mol. The lowest BCUT2D eigenvalue weighted by atomic mass is 10.1. The molecule has 0 aliphatic carbocycles. The number of rotatable bonds is 5. The fraction of sp³-hybridized carbons (Fsp3) is 0.500. The van der Waals surface area contributed by atoms with Crippen LogP contribution in [0, 0.1) is 5.21 Å². The first kappa shape index (κ1) is 11.6. The van der Waals surface area contributed by atoms with Crippen LogP contribution in [0.3, 0.4) is 0 Å². The van der Waals surface area contributed by atoms with Crippen LogP contribution >= 0.6 is 0 Å². The highest BCUT2D eigenvalue weighted by Gasteiger charge is 2.42. The summed E-state index contributed by atoms with van der Waals surface area (Å²) < 4.78 is -0.952. The second-order valence-electron chi connectivity index (χ2n) is 3.40. The van der Waals surface area contributed by atoms with Crippen molar-refractivity contribution in [2.45, 2.75) is 12.6 Å². The zero-order valence-electron chi connectivity index (χ0n) is 7.79. The van der Waals surface area contributed by atoms with E-state index in [0.29, 0.717) is 6.08 Å². The zero-order chi connectivity index (χ0) is 11.6. The lowest BCUT2D eigenvalue weighted by Gasteiger charge is -2.28. The van der Waals surface area contributed by atoms with Gasteiger partial charge in [-0.3, -0.25) is 4.79 Å². The van der Waals surface area contributed by atoms with Gasteiger partial charge in [0.25, 0.3) is 0 Å². The summed E-state index contributed by atoms with van der Waals surface area (Å²) in [5.74, 6) is -2.66. The number of aliphatic hydroxyl groups is 1. The van der Waals surface area contributed by atoms with Crippen molar-refractivity contribution in [3.63, 3.8) is 0 Å². The van der Waals surface area contributed by atoms with Crippen LogP contribution in [0.1, 0.15) is 6.42 Å². The molecular formula is C8H11NO6. The van der Waals surface area contributed by atoms with Crippen molar-refractivity contribution in [3.8, 4) is 0 Å². The van der Waals surface area contributed by atoms with Gasteiger partial charge in [-0.15, -0.1) is 0 Å². The topological polar surface area (TPSA) is 118 Å². The molecule has 1 unspecified atom stereocenters. The fourth-order valence-electron chi connectivity index (χ4n) is 1.20. The number of carboxylic acids is 2. The Labute approximate surface area is 85.0 Å². The highest BCUT2D eigenvalue weighted by atomic mass is 16.6. The van der Waals surface area contributed by atoms with Gasteiger partial charge in [0, 0.05) is 11.6 Å². The maximum Gasteiger partial charge on any atom is 0.328 e. The Hall–Kier alpha value is -1.44. The molecule has 3 N–H and O–H groups in total. The minimum absolute atomic E-state index is 0.178. The summed E-state index contributed by atoms with van der Waals surface area (Å²) in [7, 11) is 0. The van der Waals surface area contributed by atoms with Gasteiger partial charge in [0.1, 0.15) is 13.1 Å². The molecule has 1 aliphatic rings. The smallest absolute Gasteiger partial charge is 0.328 e. The molecule has 0 amide bonds. The average molecular weight is 217 g/mol. The van der Waals surface area contributed by atoms with E-state index in [2.05, 4.69) is 0 Å². The Morgan fingerprint density at radius 1 is 1.40 bits per heavy atom. The Morgan fingerprint density at radius 2 is 1.93 bits per heavy atom. The number of carbonyl (C=O) groups is 2. The molecule has 1 rings (SSSR count). The first-order valence-electron chi connectivity index (χ1n) is 4.26. The number of aliphatic carboxylic acids is 2. The van der Waals surface area contributed by atoms with Crippen LogP contribution in [-0.2, 0) is 9.59 Å². The van der Waals surface area contributed by atoms with E-state index >= 15 is 0 Å². The van der Waals surface area contributed by atoms with E-state index in [1.165, 1.54) is 0 Å². The average Bonchev–Trinajstić information content (AvgIpc) is 2.81. The molecular weight excluding hydrogens is 206 g/mol. The van der Waals surface area contributed by atoms with Gasteiger partial charge in [0.05, 0.1) is 6.42 Å². The lowest BCUT2D eigenvalue weighted by Crippen LogP contribution is -2.35. The standard InChI is InChI=1S/C8H11NO6/c10-6(11)3-5(4-7(12)13)8(14)9(15)1-2-9/h3,8,14H,1-2,4H2,(H,10,11)(H,12,13)/b5-3-. The third kappa shape index (κ3) is 3.01. The molecule has 84 valence electrons. The molecule has 0 aromatic heterocycles. The second kappa shape index (κ2) is 3.97. The van der Waals surface area contributed by atoms with Crippen LogP contribution in [0.2, 0.25) is 0 Å². The molecule has 1 atom stereocenters. The summed E-state index contributed by atoms with van der Waals surface area (Å²) in [6.07, 6.45) is -1.65. The largest absolute Gasteiger partial charge is 0.630 e. The van der Waals surface area contributed by atoms with Crippen LogP contribution in [0.25, 0.3) is 0 Å². The van der Waals surface area contributed by atoms with Crippen molar-refractivity contribution in [2.24, 2.45) is 0 Å². The summed E-state index contributed by atoms with van der Waals surface area (Å²) in [5.41, 5.74) is -0.275. The summed E-state index contributed by atoms with van der Waals surface area (Å²) in [5, 5.41) is 37.8. The van der Waals surface area contributed by atoms with E-state index in [0.717, 1.165) is 0 Å². The highest BCUT2D eigenvalue weighted by molar-refractivity contribution is 5.82. The number of quaternary nitrogens is 1. The molecule has 0 radical (unpaired) electrons. The minimum Gasteiger partial charge on any atom is -0.630 e. The van der Waals surface area contributed by atoms with E-state index in [1.54, 1.807) is 0 Å². The zero-order valence-corrected chi connectivity index (χ0v) is 7.79. The van der Waals surface area contributed by atoms with Crippen LogP contribution in [-0.4, -0.2) is 51.2 Å². The molecule has 7 heteroatoms. The van der Waals surface area contributed by atoms with Crippen molar-refractivity contribution in [3.05, 3.63) is 16.9 Å². The summed E-state index contributed by atoms with van der Waals surface area (Å²) in [4.78, 5) is 20.7. The number of hydrogen-bond acceptors (Lipinski definition) is 4. The SMILES string of the molecule is O=C(O)/C=C(/CC(=O)O)C(O)[N+]1([O-])CC1. The molecule has 0 aromatic rings. The summed E-state index contributed by atoms with van der Waals surface area (Å²) in [6.45, 7) is 0.357. The van der Waals surface area contributed by atoms with Crippen LogP contribution in [0.5, 0.6) is 0 Å². The molecule has 0 aromatic carbocycles. The maximum absolute atomic E-state index is 11.4. The van der Waals surface area contributed by atoms with Gasteiger partial charge in [-0.1, -0.05) is 0 Å². The third-order valence-electron chi connectivity index (χ3n) is 2.11. The fourth-order valence-corrected chi connectivity index (χ4v) is 1.20. The Kier molecular flexibility index (Phi) is 3.08. The Morgan fingerprint density at radius 3 is 2.27 bits per heavy atom. The number of hydrogen-bond donors (Lipinski definition) is 3. The second-order valence-corrected chi connectivity index (χ2v) is 3.40. The monoisotopic (exact) mass is 217 g/mol. The van der Waals surface area contributed by atoms with Crippen molar-refractivity contribution in [1.82, 2.24) is 0 Å². The van der Waals surface area contributed by atoms with E-state index in [1.807, 2.05) is 0 Å². The molecule has 1 saturated heterocycles. The van der Waals surface area contributed by atoms with Crippen LogP contribution in [0.15, 0.2) is 11.6 Å². The number of hydroxylamine groups is 3. The molecule has 15 heavy (non-hydrogen) atoms. The molecule has 0 bridgehead atoms. The third-order valence-corrected chi connectivity index (χ3v) is 2.11. The van der Waals surface area contributed by atoms with Gasteiger partial charge >= 0.3 is 11.9 Å². The Balaban J connectivity index is 2.80. The van der Waals surface area contributed by atoms with E-state index in [9.17, 15) is 19.9 Å². The van der Waals surface area contributed by atoms with Crippen molar-refractivity contribution in [2.75, 3.05) is 13.1 Å². The first-order valence-corrected chi connectivity index (χ1v) is 4.26. The number of aliphatic hydroxyl groups excluding tert-OH is 1. The summed E-state index contributed by atoms with van der Waals surface area (Å²) in [6, 6.07) is 0. The van der Waals surface area contributed by atoms with Crippen LogP contribution in [0.4, 0.5) is 0 Å². The van der Waals surface area contributed by atoms with E-state index < -0.39 is 29.2 Å². The predicted octanol–water partition coefficient (Wildman–Crippen LogP) is -0.881. The molecule has 7 nitrogen and oxygen atoms in total. The van der Waals surface area contributed by atoms with E-state index in [-0.39, 0.29) is 18.7 Å². The number of nitrogens with zero attached hydrogens (tertiary/aromatic N) is 1. The summed E-state index contributed by atoms with van der Waals surface area (Å²) >= 11 is 0. The molecule has 1 heterocycles. The lowest BCUT2D eigenvalue weighted by molar-refractivity contribution is -0.796. The van der Waals surface area contributed by atoms with Gasteiger partial charge in [-0.25, -0.2) is 4.79 Å². The Bertz CT molecular complexity index is 319. The maximum atomic E-state index is 11.4. The van der Waals surface area contributed by atoms with Crippen molar-refractivity contribution < 1.29 is 29.6 Å². The van der Waals surface area contributed by atoms with Gasteiger partial charge in [0.2, 0.25) is 6.23 Å². The van der Waals surface area contributed by atoms with Crippen LogP contribution < -0.4 is 0 Å².